The van der Waals surface area contributed by atoms with Gasteiger partial charge in [-0.3, -0.25) is 4.79 Å². The SMILES string of the molecule is NC(=O)Cc1nc2ccccc2n1CC(O)c1ccc(F)cc1. The Hall–Kier alpha value is -2.73. The average Bonchev–Trinajstić information content (AvgIpc) is 2.85. The van der Waals surface area contributed by atoms with Crippen LogP contribution in [0.4, 0.5) is 4.39 Å². The number of nitrogens with two attached hydrogens (primary N) is 1. The van der Waals surface area contributed by atoms with Gasteiger partial charge in [0.15, 0.2) is 0 Å². The topological polar surface area (TPSA) is 81.1 Å². The van der Waals surface area contributed by atoms with Gasteiger partial charge in [-0.1, -0.05) is 24.3 Å². The number of rotatable bonds is 5. The molecule has 1 unspecified atom stereocenters. The summed E-state index contributed by atoms with van der Waals surface area (Å²) in [5, 5.41) is 10.4. The van der Waals surface area contributed by atoms with Gasteiger partial charge in [-0.15, -0.1) is 0 Å². The van der Waals surface area contributed by atoms with Crippen LogP contribution in [0.3, 0.4) is 0 Å². The van der Waals surface area contributed by atoms with Crippen molar-refractivity contribution in [1.82, 2.24) is 9.55 Å². The molecule has 2 aromatic carbocycles. The van der Waals surface area contributed by atoms with Crippen LogP contribution in [0.2, 0.25) is 0 Å². The number of para-hydroxylation sites is 2. The van der Waals surface area contributed by atoms with Crippen molar-refractivity contribution in [1.29, 1.82) is 0 Å². The second-order valence-electron chi connectivity index (χ2n) is 5.34. The van der Waals surface area contributed by atoms with Crippen molar-refractivity contribution < 1.29 is 14.3 Å². The molecule has 3 aromatic rings. The Labute approximate surface area is 132 Å². The van der Waals surface area contributed by atoms with Crippen molar-refractivity contribution >= 4 is 16.9 Å². The Morgan fingerprint density at radius 1 is 1.22 bits per heavy atom. The molecule has 0 aliphatic rings. The van der Waals surface area contributed by atoms with Crippen LogP contribution in [-0.4, -0.2) is 20.6 Å². The molecule has 3 rings (SSSR count). The van der Waals surface area contributed by atoms with Crippen LogP contribution < -0.4 is 5.73 Å². The van der Waals surface area contributed by atoms with Crippen molar-refractivity contribution in [2.45, 2.75) is 19.1 Å². The van der Waals surface area contributed by atoms with Crippen molar-refractivity contribution in [3.8, 4) is 0 Å². The monoisotopic (exact) mass is 313 g/mol. The van der Waals surface area contributed by atoms with Gasteiger partial charge in [-0.05, 0) is 29.8 Å². The van der Waals surface area contributed by atoms with Crippen LogP contribution in [0.15, 0.2) is 48.5 Å². The van der Waals surface area contributed by atoms with Crippen LogP contribution in [0.5, 0.6) is 0 Å². The molecule has 6 heteroatoms. The summed E-state index contributed by atoms with van der Waals surface area (Å²) in [4.78, 5) is 15.7. The molecule has 0 aliphatic heterocycles. The number of halogens is 1. The summed E-state index contributed by atoms with van der Waals surface area (Å²) in [5.41, 5.74) is 7.41. The van der Waals surface area contributed by atoms with E-state index in [2.05, 4.69) is 4.98 Å². The van der Waals surface area contributed by atoms with E-state index in [0.717, 1.165) is 11.0 Å². The highest BCUT2D eigenvalue weighted by atomic mass is 19.1. The van der Waals surface area contributed by atoms with E-state index in [9.17, 15) is 14.3 Å². The van der Waals surface area contributed by atoms with Crippen LogP contribution in [0, 0.1) is 5.82 Å². The number of aromatic nitrogens is 2. The molecule has 0 bridgehead atoms. The summed E-state index contributed by atoms with van der Waals surface area (Å²) in [6.45, 7) is 0.203. The molecule has 3 N–H and O–H groups in total. The van der Waals surface area contributed by atoms with Crippen LogP contribution in [0.25, 0.3) is 11.0 Å². The van der Waals surface area contributed by atoms with Gasteiger partial charge in [0.2, 0.25) is 5.91 Å². The molecule has 0 saturated heterocycles. The van der Waals surface area contributed by atoms with Gasteiger partial charge in [-0.2, -0.15) is 0 Å². The highest BCUT2D eigenvalue weighted by molar-refractivity contribution is 5.80. The first kappa shape index (κ1) is 15.2. The van der Waals surface area contributed by atoms with E-state index < -0.39 is 12.0 Å². The number of benzene rings is 2. The van der Waals surface area contributed by atoms with Crippen molar-refractivity contribution in [2.75, 3.05) is 0 Å². The van der Waals surface area contributed by atoms with E-state index in [1.54, 1.807) is 4.57 Å². The van der Waals surface area contributed by atoms with E-state index in [4.69, 9.17) is 5.73 Å². The standard InChI is InChI=1S/C17H16FN3O2/c18-12-7-5-11(6-8-12)15(22)10-21-14-4-2-1-3-13(14)20-17(21)9-16(19)23/h1-8,15,22H,9-10H2,(H2,19,23). The molecule has 5 nitrogen and oxygen atoms in total. The Bertz CT molecular complexity index is 843. The van der Waals surface area contributed by atoms with Gasteiger partial charge in [0, 0.05) is 0 Å². The van der Waals surface area contributed by atoms with Crippen molar-refractivity contribution in [3.05, 3.63) is 65.7 Å². The predicted molar refractivity (Wildman–Crippen MR) is 84.0 cm³/mol. The van der Waals surface area contributed by atoms with Gasteiger partial charge < -0.3 is 15.4 Å². The summed E-state index contributed by atoms with van der Waals surface area (Å²) in [6, 6.07) is 13.1. The van der Waals surface area contributed by atoms with Crippen LogP contribution in [0.1, 0.15) is 17.5 Å². The van der Waals surface area contributed by atoms with Gasteiger partial charge in [-0.25, -0.2) is 9.37 Å². The quantitative estimate of drug-likeness (QED) is 0.755. The molecule has 1 amide bonds. The third-order valence-electron chi connectivity index (χ3n) is 3.68. The zero-order valence-corrected chi connectivity index (χ0v) is 12.3. The average molecular weight is 313 g/mol. The molecule has 1 aromatic heterocycles. The highest BCUT2D eigenvalue weighted by Gasteiger charge is 2.16. The number of carbonyl (C=O) groups is 1. The molecule has 1 atom stereocenters. The lowest BCUT2D eigenvalue weighted by Gasteiger charge is -2.15. The second kappa shape index (κ2) is 6.18. The Kier molecular flexibility index (Phi) is 4.08. The van der Waals surface area contributed by atoms with E-state index in [1.165, 1.54) is 24.3 Å². The molecule has 0 saturated carbocycles. The number of carbonyl (C=O) groups excluding carboxylic acids is 1. The number of primary amides is 1. The smallest absolute Gasteiger partial charge is 0.225 e. The van der Waals surface area contributed by atoms with E-state index in [1.807, 2.05) is 24.3 Å². The normalized spacial score (nSPS) is 12.4. The van der Waals surface area contributed by atoms with Crippen LogP contribution in [-0.2, 0) is 17.8 Å². The first-order chi connectivity index (χ1) is 11.0. The zero-order chi connectivity index (χ0) is 16.4. The fourth-order valence-electron chi connectivity index (χ4n) is 2.58. The fourth-order valence-corrected chi connectivity index (χ4v) is 2.58. The number of aliphatic hydroxyl groups excluding tert-OH is 1. The molecular weight excluding hydrogens is 297 g/mol. The molecule has 0 radical (unpaired) electrons. The summed E-state index contributed by atoms with van der Waals surface area (Å²) >= 11 is 0. The zero-order valence-electron chi connectivity index (χ0n) is 12.3. The van der Waals surface area contributed by atoms with E-state index >= 15 is 0 Å². The number of fused-ring (bicyclic) bond motifs is 1. The molecular formula is C17H16FN3O2. The number of hydrogen-bond donors (Lipinski definition) is 2. The molecule has 0 fully saturated rings. The first-order valence-corrected chi connectivity index (χ1v) is 7.20. The maximum absolute atomic E-state index is 13.0. The maximum atomic E-state index is 13.0. The summed E-state index contributed by atoms with van der Waals surface area (Å²) < 4.78 is 14.8. The van der Waals surface area contributed by atoms with Gasteiger partial charge in [0.25, 0.3) is 0 Å². The van der Waals surface area contributed by atoms with E-state index in [0.29, 0.717) is 11.4 Å². The first-order valence-electron chi connectivity index (χ1n) is 7.20. The summed E-state index contributed by atoms with van der Waals surface area (Å²) in [6.07, 6.45) is -0.856. The molecule has 0 spiro atoms. The number of amides is 1. The Morgan fingerprint density at radius 3 is 2.61 bits per heavy atom. The minimum Gasteiger partial charge on any atom is -0.387 e. The van der Waals surface area contributed by atoms with Crippen molar-refractivity contribution in [3.63, 3.8) is 0 Å². The lowest BCUT2D eigenvalue weighted by Crippen LogP contribution is -2.19. The fraction of sp³-hybridized carbons (Fsp3) is 0.176. The van der Waals surface area contributed by atoms with Gasteiger partial charge in [0.05, 0.1) is 30.1 Å². The highest BCUT2D eigenvalue weighted by Crippen LogP contribution is 2.22. The number of nitrogens with zero attached hydrogens (tertiary/aromatic N) is 2. The minimum absolute atomic E-state index is 0.00911. The number of imidazole rings is 1. The van der Waals surface area contributed by atoms with Crippen LogP contribution >= 0.6 is 0 Å². The lowest BCUT2D eigenvalue weighted by molar-refractivity contribution is -0.117. The van der Waals surface area contributed by atoms with E-state index in [-0.39, 0.29) is 18.8 Å². The third-order valence-corrected chi connectivity index (χ3v) is 3.68. The lowest BCUT2D eigenvalue weighted by atomic mass is 10.1. The van der Waals surface area contributed by atoms with Crippen molar-refractivity contribution in [2.24, 2.45) is 5.73 Å². The number of aliphatic hydroxyl groups is 1. The molecule has 1 heterocycles. The minimum atomic E-state index is -0.847. The molecule has 23 heavy (non-hydrogen) atoms. The Morgan fingerprint density at radius 2 is 1.91 bits per heavy atom. The summed E-state index contributed by atoms with van der Waals surface area (Å²) in [5.74, 6) is -0.346. The predicted octanol–water partition coefficient (Wildman–Crippen LogP) is 1.94. The molecule has 118 valence electrons. The van der Waals surface area contributed by atoms with Gasteiger partial charge in [0.1, 0.15) is 11.6 Å². The van der Waals surface area contributed by atoms with Gasteiger partial charge >= 0.3 is 0 Å². The second-order valence-corrected chi connectivity index (χ2v) is 5.34. The molecule has 0 aliphatic carbocycles. The Balaban J connectivity index is 1.97. The largest absolute Gasteiger partial charge is 0.387 e. The maximum Gasteiger partial charge on any atom is 0.225 e. The summed E-state index contributed by atoms with van der Waals surface area (Å²) in [7, 11) is 0. The number of hydrogen-bond acceptors (Lipinski definition) is 3. The third kappa shape index (κ3) is 3.22.